The van der Waals surface area contributed by atoms with Crippen molar-refractivity contribution < 1.29 is 19.0 Å². The van der Waals surface area contributed by atoms with Crippen LogP contribution in [0.4, 0.5) is 5.69 Å². The molecule has 0 radical (unpaired) electrons. The van der Waals surface area contributed by atoms with Gasteiger partial charge in [-0.3, -0.25) is 4.79 Å². The van der Waals surface area contributed by atoms with Crippen LogP contribution in [-0.2, 0) is 4.79 Å². The molecule has 1 saturated carbocycles. The lowest BCUT2D eigenvalue weighted by molar-refractivity contribution is -0.116. The average molecular weight is 369 g/mol. The van der Waals surface area contributed by atoms with Crippen LogP contribution in [0.3, 0.4) is 0 Å². The Hall–Kier alpha value is -2.69. The number of aryl methyl sites for hydroxylation is 1. The van der Waals surface area contributed by atoms with E-state index in [2.05, 4.69) is 17.4 Å². The highest BCUT2D eigenvalue weighted by atomic mass is 16.5. The quantitative estimate of drug-likeness (QED) is 0.742. The highest BCUT2D eigenvalue weighted by Crippen LogP contribution is 2.45. The predicted molar refractivity (Wildman–Crippen MR) is 106 cm³/mol. The number of methoxy groups -OCH3 is 3. The number of ether oxygens (including phenoxy) is 3. The van der Waals surface area contributed by atoms with Gasteiger partial charge in [0.1, 0.15) is 17.2 Å². The molecule has 0 aromatic heterocycles. The van der Waals surface area contributed by atoms with Crippen molar-refractivity contribution in [2.24, 2.45) is 5.92 Å². The van der Waals surface area contributed by atoms with E-state index in [1.165, 1.54) is 18.4 Å². The molecule has 0 aliphatic heterocycles. The lowest BCUT2D eigenvalue weighted by Crippen LogP contribution is -2.17. The van der Waals surface area contributed by atoms with E-state index >= 15 is 0 Å². The molecular formula is C22H27NO4. The van der Waals surface area contributed by atoms with Crippen molar-refractivity contribution in [1.82, 2.24) is 0 Å². The van der Waals surface area contributed by atoms with Crippen LogP contribution >= 0.6 is 0 Å². The Morgan fingerprint density at radius 2 is 1.78 bits per heavy atom. The summed E-state index contributed by atoms with van der Waals surface area (Å²) in [6, 6.07) is 11.6. The topological polar surface area (TPSA) is 56.8 Å². The van der Waals surface area contributed by atoms with E-state index in [0.717, 1.165) is 11.3 Å². The molecule has 5 heteroatoms. The molecule has 0 saturated heterocycles. The maximum absolute atomic E-state index is 12.7. The summed E-state index contributed by atoms with van der Waals surface area (Å²) in [7, 11) is 4.86. The Bertz CT molecular complexity index is 814. The molecule has 1 aliphatic rings. The molecule has 1 fully saturated rings. The second-order valence-corrected chi connectivity index (χ2v) is 6.99. The first-order valence-corrected chi connectivity index (χ1v) is 9.22. The van der Waals surface area contributed by atoms with Gasteiger partial charge in [0.05, 0.1) is 27.0 Å². The van der Waals surface area contributed by atoms with Gasteiger partial charge >= 0.3 is 0 Å². The van der Waals surface area contributed by atoms with Crippen LogP contribution in [-0.4, -0.2) is 27.2 Å². The molecule has 1 unspecified atom stereocenters. The fourth-order valence-electron chi connectivity index (χ4n) is 3.49. The highest BCUT2D eigenvalue weighted by Gasteiger charge is 2.34. The number of benzene rings is 2. The van der Waals surface area contributed by atoms with Gasteiger partial charge in [-0.25, -0.2) is 0 Å². The van der Waals surface area contributed by atoms with Crippen LogP contribution < -0.4 is 19.5 Å². The van der Waals surface area contributed by atoms with Crippen molar-refractivity contribution in [3.63, 3.8) is 0 Å². The number of nitrogens with one attached hydrogen (secondary N) is 1. The Labute approximate surface area is 160 Å². The maximum Gasteiger partial charge on any atom is 0.225 e. The number of anilines is 1. The van der Waals surface area contributed by atoms with Crippen molar-refractivity contribution in [1.29, 1.82) is 0 Å². The maximum atomic E-state index is 12.7. The van der Waals surface area contributed by atoms with E-state index in [4.69, 9.17) is 14.2 Å². The number of carbonyl (C=O) groups excluding carboxylic acids is 1. The van der Waals surface area contributed by atoms with E-state index < -0.39 is 0 Å². The number of amides is 1. The molecule has 27 heavy (non-hydrogen) atoms. The van der Waals surface area contributed by atoms with Crippen molar-refractivity contribution in [3.05, 3.63) is 47.5 Å². The lowest BCUT2D eigenvalue weighted by atomic mass is 9.89. The summed E-state index contributed by atoms with van der Waals surface area (Å²) in [5.74, 6) is 2.94. The van der Waals surface area contributed by atoms with Gasteiger partial charge in [-0.2, -0.15) is 0 Å². The van der Waals surface area contributed by atoms with Gasteiger partial charge in [-0.15, -0.1) is 0 Å². The molecule has 2 aromatic rings. The van der Waals surface area contributed by atoms with Crippen LogP contribution in [0, 0.1) is 12.8 Å². The molecule has 0 bridgehead atoms. The van der Waals surface area contributed by atoms with Gasteiger partial charge in [0.15, 0.2) is 0 Å². The van der Waals surface area contributed by atoms with E-state index in [0.29, 0.717) is 29.5 Å². The van der Waals surface area contributed by atoms with Crippen LogP contribution in [0.1, 0.15) is 36.3 Å². The molecule has 0 heterocycles. The zero-order chi connectivity index (χ0) is 19.4. The van der Waals surface area contributed by atoms with Crippen LogP contribution in [0.2, 0.25) is 0 Å². The second kappa shape index (κ2) is 8.33. The summed E-state index contributed by atoms with van der Waals surface area (Å²) in [5.41, 5.74) is 2.95. The van der Waals surface area contributed by atoms with E-state index in [1.807, 2.05) is 19.1 Å². The summed E-state index contributed by atoms with van der Waals surface area (Å²) < 4.78 is 15.9. The Morgan fingerprint density at radius 3 is 2.37 bits per heavy atom. The molecule has 5 nitrogen and oxygen atoms in total. The summed E-state index contributed by atoms with van der Waals surface area (Å²) in [6.45, 7) is 2.04. The van der Waals surface area contributed by atoms with Gasteiger partial charge in [0.25, 0.3) is 0 Å². The molecule has 0 spiro atoms. The zero-order valence-corrected chi connectivity index (χ0v) is 16.4. The smallest absolute Gasteiger partial charge is 0.225 e. The van der Waals surface area contributed by atoms with Crippen LogP contribution in [0.25, 0.3) is 0 Å². The highest BCUT2D eigenvalue weighted by molar-refractivity contribution is 5.93. The third-order valence-corrected chi connectivity index (χ3v) is 5.13. The van der Waals surface area contributed by atoms with Gasteiger partial charge < -0.3 is 19.5 Å². The van der Waals surface area contributed by atoms with Crippen molar-refractivity contribution >= 4 is 11.6 Å². The average Bonchev–Trinajstić information content (AvgIpc) is 3.51. The fourth-order valence-corrected chi connectivity index (χ4v) is 3.49. The molecule has 3 rings (SSSR count). The Kier molecular flexibility index (Phi) is 5.89. The van der Waals surface area contributed by atoms with Gasteiger partial charge in [0.2, 0.25) is 5.91 Å². The number of carbonyl (C=O) groups is 1. The van der Waals surface area contributed by atoms with Gasteiger partial charge in [-0.1, -0.05) is 12.1 Å². The Morgan fingerprint density at radius 1 is 1.04 bits per heavy atom. The molecule has 1 atom stereocenters. The summed E-state index contributed by atoms with van der Waals surface area (Å²) in [5, 5.41) is 2.99. The minimum atomic E-state index is -0.0103. The largest absolute Gasteiger partial charge is 0.497 e. The second-order valence-electron chi connectivity index (χ2n) is 6.99. The molecular weight excluding hydrogens is 342 g/mol. The first kappa shape index (κ1) is 19.1. The van der Waals surface area contributed by atoms with Gasteiger partial charge in [0, 0.05) is 12.5 Å². The monoisotopic (exact) mass is 369 g/mol. The number of hydrogen-bond acceptors (Lipinski definition) is 4. The van der Waals surface area contributed by atoms with Crippen molar-refractivity contribution in [3.8, 4) is 17.2 Å². The number of hydrogen-bond donors (Lipinski definition) is 1. The molecule has 1 amide bonds. The molecule has 144 valence electrons. The summed E-state index contributed by atoms with van der Waals surface area (Å²) >= 11 is 0. The summed E-state index contributed by atoms with van der Waals surface area (Å²) in [6.07, 6.45) is 2.80. The van der Waals surface area contributed by atoms with E-state index in [1.54, 1.807) is 33.5 Å². The summed E-state index contributed by atoms with van der Waals surface area (Å²) in [4.78, 5) is 12.7. The van der Waals surface area contributed by atoms with E-state index in [9.17, 15) is 4.79 Å². The Balaban J connectivity index is 1.74. The molecule has 1 N–H and O–H groups in total. The third kappa shape index (κ3) is 4.54. The molecule has 2 aromatic carbocycles. The fraction of sp³-hybridized carbons (Fsp3) is 0.409. The zero-order valence-electron chi connectivity index (χ0n) is 16.4. The predicted octanol–water partition coefficient (Wildman–Crippen LogP) is 4.54. The van der Waals surface area contributed by atoms with Crippen LogP contribution in [0.5, 0.6) is 17.2 Å². The first-order valence-electron chi connectivity index (χ1n) is 9.22. The number of rotatable bonds is 8. The SMILES string of the molecule is COc1ccc(NC(=O)CC(c2ccc(OC)c(C)c2)C2CC2)c(OC)c1. The first-order chi connectivity index (χ1) is 13.0. The molecule has 1 aliphatic carbocycles. The van der Waals surface area contributed by atoms with Crippen molar-refractivity contribution in [2.45, 2.75) is 32.1 Å². The minimum absolute atomic E-state index is 0.0103. The van der Waals surface area contributed by atoms with E-state index in [-0.39, 0.29) is 11.8 Å². The van der Waals surface area contributed by atoms with Crippen molar-refractivity contribution in [2.75, 3.05) is 26.6 Å². The minimum Gasteiger partial charge on any atom is -0.497 e. The van der Waals surface area contributed by atoms with Crippen LogP contribution in [0.15, 0.2) is 36.4 Å². The van der Waals surface area contributed by atoms with Gasteiger partial charge in [-0.05, 0) is 60.9 Å². The standard InChI is InChI=1S/C22H27NO4/c1-14-11-16(7-10-20(14)26-3)18(15-5-6-15)13-22(24)23-19-9-8-17(25-2)12-21(19)27-4/h7-12,15,18H,5-6,13H2,1-4H3,(H,23,24). The normalized spacial score (nSPS) is 14.4. The lowest BCUT2D eigenvalue weighted by Gasteiger charge is -2.19. The third-order valence-electron chi connectivity index (χ3n) is 5.13.